The first-order chi connectivity index (χ1) is 32.0. The molecule has 0 rings (SSSR count). The van der Waals surface area contributed by atoms with Gasteiger partial charge in [-0.3, -0.25) is 9.59 Å². The molecule has 65 heavy (non-hydrogen) atoms. The predicted octanol–water partition coefficient (Wildman–Crippen LogP) is 17.9. The third-order valence-electron chi connectivity index (χ3n) is 13.5. The Morgan fingerprint density at radius 2 is 0.769 bits per heavy atom. The normalized spacial score (nSPS) is 12.7. The number of nitrogens with one attached hydrogen (secondary N) is 1. The summed E-state index contributed by atoms with van der Waals surface area (Å²) in [5.74, 6) is -0.0319. The van der Waals surface area contributed by atoms with Crippen LogP contribution in [-0.2, 0) is 14.3 Å². The van der Waals surface area contributed by atoms with Crippen molar-refractivity contribution in [2.75, 3.05) is 13.2 Å². The van der Waals surface area contributed by atoms with Gasteiger partial charge < -0.3 is 20.3 Å². The molecule has 0 aliphatic rings. The second-order valence-corrected chi connectivity index (χ2v) is 20.0. The van der Waals surface area contributed by atoms with E-state index in [9.17, 15) is 19.8 Å². The van der Waals surface area contributed by atoms with Crippen LogP contribution < -0.4 is 5.32 Å². The minimum Gasteiger partial charge on any atom is -0.466 e. The first-order valence-corrected chi connectivity index (χ1v) is 29.1. The summed E-state index contributed by atoms with van der Waals surface area (Å²) in [6, 6.07) is -0.540. The molecule has 0 aromatic carbocycles. The summed E-state index contributed by atoms with van der Waals surface area (Å²) < 4.78 is 5.49. The minimum atomic E-state index is -0.663. The van der Waals surface area contributed by atoms with Gasteiger partial charge in [0.1, 0.15) is 0 Å². The van der Waals surface area contributed by atoms with Gasteiger partial charge in [-0.15, -0.1) is 0 Å². The number of rotatable bonds is 54. The van der Waals surface area contributed by atoms with Crippen molar-refractivity contribution < 1.29 is 24.5 Å². The summed E-state index contributed by atoms with van der Waals surface area (Å²) in [4.78, 5) is 24.5. The van der Waals surface area contributed by atoms with E-state index in [0.29, 0.717) is 25.9 Å². The van der Waals surface area contributed by atoms with Gasteiger partial charge in [-0.25, -0.2) is 0 Å². The van der Waals surface area contributed by atoms with Crippen molar-refractivity contribution in [3.05, 3.63) is 24.3 Å². The number of hydrogen-bond acceptors (Lipinski definition) is 5. The van der Waals surface area contributed by atoms with Gasteiger partial charge in [-0.05, 0) is 57.8 Å². The summed E-state index contributed by atoms with van der Waals surface area (Å²) in [7, 11) is 0. The molecule has 384 valence electrons. The summed E-state index contributed by atoms with van der Waals surface area (Å²) in [6.07, 6.45) is 66.1. The largest absolute Gasteiger partial charge is 0.466 e. The van der Waals surface area contributed by atoms with Crippen molar-refractivity contribution >= 4 is 11.9 Å². The molecular formula is C59H113NO5. The zero-order valence-electron chi connectivity index (χ0n) is 43.7. The summed E-state index contributed by atoms with van der Waals surface area (Å²) in [5, 5.41) is 23.1. The van der Waals surface area contributed by atoms with Crippen LogP contribution in [0.3, 0.4) is 0 Å². The Kier molecular flexibility index (Phi) is 53.5. The SMILES string of the molecule is CCCCC/C=C\C/C=C\CCCCCCCCCCCC(=O)OCCCCCCCCCCCCCCCCCCCCCCC(=O)NC(CO)C(O)CCCCCCCCCCC. The molecule has 2 unspecified atom stereocenters. The number of esters is 1. The van der Waals surface area contributed by atoms with Crippen molar-refractivity contribution in [1.29, 1.82) is 0 Å². The number of unbranched alkanes of at least 4 members (excludes halogenated alkanes) is 39. The number of aliphatic hydroxyl groups excluding tert-OH is 2. The van der Waals surface area contributed by atoms with E-state index in [2.05, 4.69) is 43.5 Å². The molecule has 0 aromatic heterocycles. The number of allylic oxidation sites excluding steroid dienone is 4. The number of amides is 1. The van der Waals surface area contributed by atoms with Gasteiger partial charge in [-0.2, -0.15) is 0 Å². The van der Waals surface area contributed by atoms with Crippen LogP contribution in [0, 0.1) is 0 Å². The molecule has 0 aliphatic heterocycles. The van der Waals surface area contributed by atoms with E-state index in [0.717, 1.165) is 51.4 Å². The number of ether oxygens (including phenoxy) is 1. The van der Waals surface area contributed by atoms with E-state index in [1.165, 1.54) is 231 Å². The molecule has 0 aliphatic carbocycles. The Hall–Kier alpha value is -1.66. The van der Waals surface area contributed by atoms with Crippen LogP contribution in [0.25, 0.3) is 0 Å². The number of aliphatic hydroxyl groups is 2. The Labute approximate surface area is 405 Å². The van der Waals surface area contributed by atoms with E-state index in [1.54, 1.807) is 0 Å². The lowest BCUT2D eigenvalue weighted by Crippen LogP contribution is -2.45. The van der Waals surface area contributed by atoms with Gasteiger partial charge in [0.15, 0.2) is 0 Å². The van der Waals surface area contributed by atoms with Crippen molar-refractivity contribution in [2.45, 2.75) is 328 Å². The quantitative estimate of drug-likeness (QED) is 0.0321. The molecule has 6 nitrogen and oxygen atoms in total. The Bertz CT molecular complexity index is 1010. The minimum absolute atomic E-state index is 0.00684. The Morgan fingerprint density at radius 3 is 1.20 bits per heavy atom. The monoisotopic (exact) mass is 916 g/mol. The van der Waals surface area contributed by atoms with Crippen LogP contribution in [0.4, 0.5) is 0 Å². The Morgan fingerprint density at radius 1 is 0.431 bits per heavy atom. The lowest BCUT2D eigenvalue weighted by atomic mass is 10.0. The van der Waals surface area contributed by atoms with E-state index < -0.39 is 12.1 Å². The fourth-order valence-electron chi connectivity index (χ4n) is 9.02. The lowest BCUT2D eigenvalue weighted by molar-refractivity contribution is -0.143. The maximum atomic E-state index is 12.4. The number of carbonyl (C=O) groups is 2. The maximum Gasteiger partial charge on any atom is 0.305 e. The summed E-state index contributed by atoms with van der Waals surface area (Å²) in [5.41, 5.74) is 0. The smallest absolute Gasteiger partial charge is 0.305 e. The third kappa shape index (κ3) is 51.6. The highest BCUT2D eigenvalue weighted by molar-refractivity contribution is 5.76. The first-order valence-electron chi connectivity index (χ1n) is 29.1. The second kappa shape index (κ2) is 54.9. The fraction of sp³-hybridized carbons (Fsp3) is 0.898. The summed E-state index contributed by atoms with van der Waals surface area (Å²) in [6.45, 7) is 4.91. The lowest BCUT2D eigenvalue weighted by Gasteiger charge is -2.22. The highest BCUT2D eigenvalue weighted by atomic mass is 16.5. The number of hydrogen-bond donors (Lipinski definition) is 3. The predicted molar refractivity (Wildman–Crippen MR) is 283 cm³/mol. The van der Waals surface area contributed by atoms with Gasteiger partial charge in [0.25, 0.3) is 0 Å². The van der Waals surface area contributed by atoms with Crippen LogP contribution in [0.2, 0.25) is 0 Å². The van der Waals surface area contributed by atoms with Crippen molar-refractivity contribution in [3.63, 3.8) is 0 Å². The van der Waals surface area contributed by atoms with Crippen molar-refractivity contribution in [3.8, 4) is 0 Å². The average Bonchev–Trinajstić information content (AvgIpc) is 3.31. The molecule has 2 atom stereocenters. The molecule has 0 saturated carbocycles. The summed E-state index contributed by atoms with van der Waals surface area (Å²) >= 11 is 0. The molecule has 0 saturated heterocycles. The van der Waals surface area contributed by atoms with Crippen LogP contribution in [0.1, 0.15) is 316 Å². The van der Waals surface area contributed by atoms with Crippen LogP contribution >= 0.6 is 0 Å². The van der Waals surface area contributed by atoms with Crippen LogP contribution in [0.15, 0.2) is 24.3 Å². The third-order valence-corrected chi connectivity index (χ3v) is 13.5. The van der Waals surface area contributed by atoms with Gasteiger partial charge in [0.05, 0.1) is 25.4 Å². The van der Waals surface area contributed by atoms with Crippen LogP contribution in [0.5, 0.6) is 0 Å². The molecular weight excluding hydrogens is 803 g/mol. The highest BCUT2D eigenvalue weighted by Crippen LogP contribution is 2.17. The van der Waals surface area contributed by atoms with Crippen LogP contribution in [-0.4, -0.2) is 47.4 Å². The fourth-order valence-corrected chi connectivity index (χ4v) is 9.02. The van der Waals surface area contributed by atoms with Crippen molar-refractivity contribution in [1.82, 2.24) is 5.32 Å². The van der Waals surface area contributed by atoms with E-state index >= 15 is 0 Å². The molecule has 0 bridgehead atoms. The van der Waals surface area contributed by atoms with E-state index in [1.807, 2.05) is 0 Å². The van der Waals surface area contributed by atoms with Gasteiger partial charge in [0, 0.05) is 12.8 Å². The second-order valence-electron chi connectivity index (χ2n) is 20.0. The molecule has 0 heterocycles. The van der Waals surface area contributed by atoms with E-state index in [-0.39, 0.29) is 18.5 Å². The molecule has 0 spiro atoms. The molecule has 6 heteroatoms. The zero-order chi connectivity index (χ0) is 47.2. The molecule has 0 fully saturated rings. The Balaban J connectivity index is 3.35. The number of carbonyl (C=O) groups excluding carboxylic acids is 2. The standard InChI is InChI=1S/C59H113NO5/c1-3-5-7-9-11-13-14-15-16-17-20-24-27-30-33-37-41-45-49-53-59(64)65-54-50-46-42-38-34-31-28-25-22-19-18-21-23-26-29-32-36-40-44-48-52-58(63)60-56(55-61)57(62)51-47-43-39-35-12-10-8-6-4-2/h11,13,15-16,56-57,61-62H,3-10,12,14,17-55H2,1-2H3,(H,60,63)/b13-11-,16-15-. The van der Waals surface area contributed by atoms with Gasteiger partial charge in [0.2, 0.25) is 5.91 Å². The topological polar surface area (TPSA) is 95.9 Å². The molecule has 3 N–H and O–H groups in total. The average molecular weight is 917 g/mol. The van der Waals surface area contributed by atoms with Gasteiger partial charge >= 0.3 is 5.97 Å². The zero-order valence-corrected chi connectivity index (χ0v) is 43.7. The molecule has 0 radical (unpaired) electrons. The molecule has 0 aromatic rings. The van der Waals surface area contributed by atoms with Crippen molar-refractivity contribution in [2.24, 2.45) is 0 Å². The molecule has 1 amide bonds. The van der Waals surface area contributed by atoms with Gasteiger partial charge in [-0.1, -0.05) is 269 Å². The highest BCUT2D eigenvalue weighted by Gasteiger charge is 2.20. The maximum absolute atomic E-state index is 12.4. The first kappa shape index (κ1) is 63.3. The van der Waals surface area contributed by atoms with E-state index in [4.69, 9.17) is 4.74 Å².